The summed E-state index contributed by atoms with van der Waals surface area (Å²) in [5.74, 6) is -0.667. The van der Waals surface area contributed by atoms with E-state index in [0.29, 0.717) is 5.56 Å². The quantitative estimate of drug-likeness (QED) is 0.682. The third-order valence-electron chi connectivity index (χ3n) is 1.07. The lowest BCUT2D eigenvalue weighted by Crippen LogP contribution is -2.27. The van der Waals surface area contributed by atoms with Crippen LogP contribution in [0.25, 0.3) is 0 Å². The highest BCUT2D eigenvalue weighted by Crippen LogP contribution is 2.04. The van der Waals surface area contributed by atoms with Crippen molar-refractivity contribution in [2.45, 2.75) is 6.92 Å². The lowest BCUT2D eigenvalue weighted by molar-refractivity contribution is -0.118. The molecule has 1 rings (SSSR count). The van der Waals surface area contributed by atoms with Gasteiger partial charge in [-0.1, -0.05) is 0 Å². The molecule has 0 bridgehead atoms. The van der Waals surface area contributed by atoms with E-state index in [4.69, 9.17) is 0 Å². The van der Waals surface area contributed by atoms with E-state index in [1.807, 2.05) is 0 Å². The van der Waals surface area contributed by atoms with Gasteiger partial charge in [0.1, 0.15) is 0 Å². The van der Waals surface area contributed by atoms with Gasteiger partial charge in [-0.05, 0) is 11.4 Å². The number of rotatable bonds is 1. The van der Waals surface area contributed by atoms with Crippen molar-refractivity contribution in [3.8, 4) is 0 Å². The molecule has 0 unspecified atom stereocenters. The summed E-state index contributed by atoms with van der Waals surface area (Å²) in [6.45, 7) is 1.31. The van der Waals surface area contributed by atoms with Gasteiger partial charge in [-0.2, -0.15) is 11.3 Å². The van der Waals surface area contributed by atoms with Gasteiger partial charge in [-0.3, -0.25) is 14.9 Å². The fourth-order valence-corrected chi connectivity index (χ4v) is 1.26. The Morgan fingerprint density at radius 1 is 1.55 bits per heavy atom. The summed E-state index contributed by atoms with van der Waals surface area (Å²) in [5, 5.41) is 5.65. The number of carbonyl (C=O) groups is 2. The molecule has 0 aromatic carbocycles. The minimum atomic E-state index is -0.334. The largest absolute Gasteiger partial charge is 0.293 e. The zero-order valence-electron chi connectivity index (χ0n) is 5.96. The fourth-order valence-electron chi connectivity index (χ4n) is 0.626. The Balaban J connectivity index is 2.64. The molecular weight excluding hydrogens is 162 g/mol. The summed E-state index contributed by atoms with van der Waals surface area (Å²) in [7, 11) is 0. The van der Waals surface area contributed by atoms with Crippen molar-refractivity contribution in [3.05, 3.63) is 22.4 Å². The maximum atomic E-state index is 11.0. The van der Waals surface area contributed by atoms with E-state index in [1.54, 1.807) is 16.8 Å². The molecule has 0 saturated carbocycles. The van der Waals surface area contributed by atoms with Crippen LogP contribution in [0.3, 0.4) is 0 Å². The topological polar surface area (TPSA) is 46.2 Å². The molecule has 0 saturated heterocycles. The standard InChI is InChI=1S/C7H7NO2S/c1-5(9)8-7(10)6-2-3-11-4-6/h2-4H,1H3,(H,8,9,10). The first-order valence-corrected chi connectivity index (χ1v) is 3.98. The van der Waals surface area contributed by atoms with Gasteiger partial charge < -0.3 is 0 Å². The number of carbonyl (C=O) groups excluding carboxylic acids is 2. The highest BCUT2D eigenvalue weighted by Gasteiger charge is 2.05. The maximum Gasteiger partial charge on any atom is 0.258 e. The van der Waals surface area contributed by atoms with Crippen LogP contribution in [0, 0.1) is 0 Å². The van der Waals surface area contributed by atoms with Crippen molar-refractivity contribution in [3.63, 3.8) is 0 Å². The fraction of sp³-hybridized carbons (Fsp3) is 0.143. The summed E-state index contributed by atoms with van der Waals surface area (Å²) in [5.41, 5.74) is 0.533. The Morgan fingerprint density at radius 3 is 2.73 bits per heavy atom. The molecule has 0 fully saturated rings. The predicted molar refractivity (Wildman–Crippen MR) is 42.5 cm³/mol. The third-order valence-corrected chi connectivity index (χ3v) is 1.76. The molecule has 0 aliphatic heterocycles. The first-order chi connectivity index (χ1) is 5.20. The number of imide groups is 1. The zero-order valence-corrected chi connectivity index (χ0v) is 6.77. The lowest BCUT2D eigenvalue weighted by atomic mass is 10.3. The Kier molecular flexibility index (Phi) is 2.38. The van der Waals surface area contributed by atoms with Gasteiger partial charge in [0.05, 0.1) is 5.56 Å². The summed E-state index contributed by atoms with van der Waals surface area (Å²) in [6, 6.07) is 1.67. The molecule has 1 heterocycles. The van der Waals surface area contributed by atoms with Gasteiger partial charge >= 0.3 is 0 Å². The van der Waals surface area contributed by atoms with Crippen LogP contribution in [0.4, 0.5) is 0 Å². The Morgan fingerprint density at radius 2 is 2.27 bits per heavy atom. The van der Waals surface area contributed by atoms with Crippen molar-refractivity contribution in [2.24, 2.45) is 0 Å². The Labute approximate surface area is 68.0 Å². The second-order valence-electron chi connectivity index (χ2n) is 2.02. The van der Waals surface area contributed by atoms with E-state index in [2.05, 4.69) is 5.32 Å². The molecule has 3 nitrogen and oxygen atoms in total. The first kappa shape index (κ1) is 7.94. The second-order valence-corrected chi connectivity index (χ2v) is 2.80. The van der Waals surface area contributed by atoms with E-state index in [9.17, 15) is 9.59 Å². The average Bonchev–Trinajstić information content (AvgIpc) is 2.35. The smallest absolute Gasteiger partial charge is 0.258 e. The maximum absolute atomic E-state index is 11.0. The van der Waals surface area contributed by atoms with Crippen LogP contribution in [-0.2, 0) is 4.79 Å². The zero-order chi connectivity index (χ0) is 8.27. The molecule has 1 aromatic heterocycles. The van der Waals surface area contributed by atoms with E-state index < -0.39 is 0 Å². The molecular formula is C7H7NO2S. The first-order valence-electron chi connectivity index (χ1n) is 3.04. The van der Waals surface area contributed by atoms with Gasteiger partial charge in [0.25, 0.3) is 5.91 Å². The van der Waals surface area contributed by atoms with Crippen LogP contribution < -0.4 is 5.32 Å². The Bertz CT molecular complexity index is 266. The SMILES string of the molecule is CC(=O)NC(=O)c1ccsc1. The monoisotopic (exact) mass is 169 g/mol. The van der Waals surface area contributed by atoms with Gasteiger partial charge in [0, 0.05) is 12.3 Å². The van der Waals surface area contributed by atoms with E-state index in [-0.39, 0.29) is 11.8 Å². The van der Waals surface area contributed by atoms with E-state index in [1.165, 1.54) is 18.3 Å². The van der Waals surface area contributed by atoms with Crippen molar-refractivity contribution in [1.82, 2.24) is 5.32 Å². The molecule has 0 radical (unpaired) electrons. The van der Waals surface area contributed by atoms with E-state index in [0.717, 1.165) is 0 Å². The number of hydrogen-bond donors (Lipinski definition) is 1. The molecule has 0 aliphatic carbocycles. The second kappa shape index (κ2) is 3.30. The third kappa shape index (κ3) is 2.16. The van der Waals surface area contributed by atoms with Crippen molar-refractivity contribution in [1.29, 1.82) is 0 Å². The molecule has 0 atom stereocenters. The summed E-state index contributed by atoms with van der Waals surface area (Å²) >= 11 is 1.42. The molecule has 1 aromatic rings. The molecule has 2 amide bonds. The van der Waals surface area contributed by atoms with Crippen molar-refractivity contribution in [2.75, 3.05) is 0 Å². The minimum absolute atomic E-state index is 0.332. The Hall–Kier alpha value is -1.16. The van der Waals surface area contributed by atoms with Crippen LogP contribution in [-0.4, -0.2) is 11.8 Å². The highest BCUT2D eigenvalue weighted by atomic mass is 32.1. The van der Waals surface area contributed by atoms with Crippen LogP contribution in [0.1, 0.15) is 17.3 Å². The molecule has 1 N–H and O–H groups in total. The summed E-state index contributed by atoms with van der Waals surface area (Å²) in [4.78, 5) is 21.4. The molecule has 11 heavy (non-hydrogen) atoms. The van der Waals surface area contributed by atoms with Crippen molar-refractivity contribution < 1.29 is 9.59 Å². The molecule has 0 aliphatic rings. The normalized spacial score (nSPS) is 9.18. The summed E-state index contributed by atoms with van der Waals surface area (Å²) < 4.78 is 0. The number of hydrogen-bond acceptors (Lipinski definition) is 3. The summed E-state index contributed by atoms with van der Waals surface area (Å²) in [6.07, 6.45) is 0. The number of amides is 2. The molecule has 4 heteroatoms. The van der Waals surface area contributed by atoms with Gasteiger partial charge in [0.2, 0.25) is 5.91 Å². The number of nitrogens with one attached hydrogen (secondary N) is 1. The van der Waals surface area contributed by atoms with Gasteiger partial charge in [0.15, 0.2) is 0 Å². The van der Waals surface area contributed by atoms with Crippen molar-refractivity contribution >= 4 is 23.2 Å². The van der Waals surface area contributed by atoms with Crippen LogP contribution in [0.5, 0.6) is 0 Å². The predicted octanol–water partition coefficient (Wildman–Crippen LogP) is 1.02. The van der Waals surface area contributed by atoms with Crippen LogP contribution in [0.2, 0.25) is 0 Å². The van der Waals surface area contributed by atoms with Gasteiger partial charge in [-0.15, -0.1) is 0 Å². The van der Waals surface area contributed by atoms with Crippen LogP contribution >= 0.6 is 11.3 Å². The average molecular weight is 169 g/mol. The lowest BCUT2D eigenvalue weighted by Gasteiger charge is -1.95. The molecule has 0 spiro atoms. The minimum Gasteiger partial charge on any atom is -0.293 e. The van der Waals surface area contributed by atoms with Gasteiger partial charge in [-0.25, -0.2) is 0 Å². The molecule has 58 valence electrons. The highest BCUT2D eigenvalue weighted by molar-refractivity contribution is 7.08. The van der Waals surface area contributed by atoms with Crippen LogP contribution in [0.15, 0.2) is 16.8 Å². The number of thiophene rings is 1. The van der Waals surface area contributed by atoms with E-state index >= 15 is 0 Å².